The van der Waals surface area contributed by atoms with Crippen molar-refractivity contribution in [2.24, 2.45) is 5.92 Å². The van der Waals surface area contributed by atoms with Crippen molar-refractivity contribution in [3.05, 3.63) is 65.7 Å². The molecule has 3 rings (SSSR count). The van der Waals surface area contributed by atoms with Crippen LogP contribution in [-0.4, -0.2) is 25.2 Å². The molecule has 2 atom stereocenters. The maximum absolute atomic E-state index is 12.1. The van der Waals surface area contributed by atoms with Crippen molar-refractivity contribution in [2.45, 2.75) is 32.0 Å². The Morgan fingerprint density at radius 2 is 1.73 bits per heavy atom. The van der Waals surface area contributed by atoms with E-state index in [1.165, 1.54) is 7.11 Å². The highest BCUT2D eigenvalue weighted by Crippen LogP contribution is 2.30. The minimum atomic E-state index is -0.368. The van der Waals surface area contributed by atoms with E-state index < -0.39 is 0 Å². The molecular formula is C21H22O5. The molecule has 0 unspecified atom stereocenters. The lowest BCUT2D eigenvalue weighted by atomic mass is 10.1. The molecule has 0 aliphatic heterocycles. The number of esters is 2. The molecule has 0 N–H and O–H groups in total. The van der Waals surface area contributed by atoms with Gasteiger partial charge in [0.2, 0.25) is 0 Å². The van der Waals surface area contributed by atoms with E-state index in [-0.39, 0.29) is 30.6 Å². The van der Waals surface area contributed by atoms with Crippen LogP contribution in [0.5, 0.6) is 5.75 Å². The van der Waals surface area contributed by atoms with Gasteiger partial charge in [0, 0.05) is 0 Å². The first kappa shape index (κ1) is 18.0. The Morgan fingerprint density at radius 3 is 2.42 bits per heavy atom. The average Bonchev–Trinajstić information content (AvgIpc) is 3.15. The molecule has 2 aromatic rings. The van der Waals surface area contributed by atoms with Crippen molar-refractivity contribution >= 4 is 11.9 Å². The van der Waals surface area contributed by atoms with E-state index in [0.29, 0.717) is 17.7 Å². The van der Waals surface area contributed by atoms with E-state index >= 15 is 0 Å². The first-order valence-corrected chi connectivity index (χ1v) is 8.71. The summed E-state index contributed by atoms with van der Waals surface area (Å²) in [6.45, 7) is 0.245. The minimum Gasteiger partial charge on any atom is -0.490 e. The molecule has 5 nitrogen and oxygen atoms in total. The van der Waals surface area contributed by atoms with Crippen molar-refractivity contribution in [3.8, 4) is 5.75 Å². The Hall–Kier alpha value is -2.82. The summed E-state index contributed by atoms with van der Waals surface area (Å²) < 4.78 is 16.0. The average molecular weight is 354 g/mol. The Balaban J connectivity index is 1.50. The molecule has 1 fully saturated rings. The molecule has 0 spiro atoms. The van der Waals surface area contributed by atoms with Gasteiger partial charge >= 0.3 is 11.9 Å². The lowest BCUT2D eigenvalue weighted by molar-refractivity contribution is -0.145. The molecule has 0 saturated heterocycles. The van der Waals surface area contributed by atoms with E-state index in [4.69, 9.17) is 14.2 Å². The van der Waals surface area contributed by atoms with Crippen molar-refractivity contribution in [1.29, 1.82) is 0 Å². The zero-order valence-corrected chi connectivity index (χ0v) is 14.7. The monoisotopic (exact) mass is 354 g/mol. The summed E-state index contributed by atoms with van der Waals surface area (Å²) in [6.07, 6.45) is 2.25. The van der Waals surface area contributed by atoms with Crippen molar-refractivity contribution < 1.29 is 23.8 Å². The summed E-state index contributed by atoms with van der Waals surface area (Å²) in [7, 11) is 1.41. The molecule has 1 aliphatic carbocycles. The normalized spacial score (nSPS) is 19.0. The summed E-state index contributed by atoms with van der Waals surface area (Å²) >= 11 is 0. The summed E-state index contributed by atoms with van der Waals surface area (Å²) in [6, 6.07) is 16.4. The molecule has 0 radical (unpaired) electrons. The first-order chi connectivity index (χ1) is 12.7. The fraction of sp³-hybridized carbons (Fsp3) is 0.333. The fourth-order valence-electron chi connectivity index (χ4n) is 3.10. The fourth-order valence-corrected chi connectivity index (χ4v) is 3.10. The van der Waals surface area contributed by atoms with Gasteiger partial charge in [-0.25, -0.2) is 4.79 Å². The number of hydrogen-bond acceptors (Lipinski definition) is 5. The largest absolute Gasteiger partial charge is 0.490 e. The van der Waals surface area contributed by atoms with Crippen LogP contribution in [0.1, 0.15) is 35.2 Å². The Morgan fingerprint density at radius 1 is 1.00 bits per heavy atom. The highest BCUT2D eigenvalue weighted by Gasteiger charge is 2.31. The number of rotatable bonds is 6. The van der Waals surface area contributed by atoms with Crippen molar-refractivity contribution in [1.82, 2.24) is 0 Å². The molecule has 0 amide bonds. The van der Waals surface area contributed by atoms with Crippen molar-refractivity contribution in [3.63, 3.8) is 0 Å². The van der Waals surface area contributed by atoms with Crippen LogP contribution in [0.4, 0.5) is 0 Å². The SMILES string of the molecule is COC(=O)[C@H]1CC[C@@H](Oc2ccc(C(=O)OCc3ccccc3)cc2)C1. The van der Waals surface area contributed by atoms with Gasteiger partial charge in [0.05, 0.1) is 24.7 Å². The van der Waals surface area contributed by atoms with Crippen LogP contribution >= 0.6 is 0 Å². The van der Waals surface area contributed by atoms with Gasteiger partial charge in [0.1, 0.15) is 12.4 Å². The lowest BCUT2D eigenvalue weighted by Gasteiger charge is -2.14. The molecule has 2 aromatic carbocycles. The second kappa shape index (κ2) is 8.52. The highest BCUT2D eigenvalue weighted by atomic mass is 16.5. The number of benzene rings is 2. The minimum absolute atomic E-state index is 0.00465. The molecule has 0 aromatic heterocycles. The van der Waals surface area contributed by atoms with Crippen LogP contribution in [0.2, 0.25) is 0 Å². The van der Waals surface area contributed by atoms with E-state index in [0.717, 1.165) is 18.4 Å². The Bertz CT molecular complexity index is 739. The number of ether oxygens (including phenoxy) is 3. The second-order valence-electron chi connectivity index (χ2n) is 6.36. The molecule has 1 aliphatic rings. The third-order valence-electron chi connectivity index (χ3n) is 4.52. The van der Waals surface area contributed by atoms with Crippen LogP contribution in [0.25, 0.3) is 0 Å². The quantitative estimate of drug-likeness (QED) is 0.739. The van der Waals surface area contributed by atoms with E-state index in [2.05, 4.69) is 0 Å². The molecule has 26 heavy (non-hydrogen) atoms. The van der Waals surface area contributed by atoms with Crippen LogP contribution in [-0.2, 0) is 20.9 Å². The van der Waals surface area contributed by atoms with Crippen LogP contribution in [0.15, 0.2) is 54.6 Å². The van der Waals surface area contributed by atoms with Gasteiger partial charge in [-0.05, 0) is 49.1 Å². The summed E-state index contributed by atoms with van der Waals surface area (Å²) in [5.74, 6) is 0.0528. The Kier molecular flexibility index (Phi) is 5.89. The second-order valence-corrected chi connectivity index (χ2v) is 6.36. The maximum atomic E-state index is 12.1. The van der Waals surface area contributed by atoms with E-state index in [9.17, 15) is 9.59 Å². The molecule has 1 saturated carbocycles. The van der Waals surface area contributed by atoms with Gasteiger partial charge in [0.15, 0.2) is 0 Å². The van der Waals surface area contributed by atoms with Gasteiger partial charge < -0.3 is 14.2 Å². The van der Waals surface area contributed by atoms with E-state index in [1.54, 1.807) is 24.3 Å². The van der Waals surface area contributed by atoms with Crippen LogP contribution in [0, 0.1) is 5.92 Å². The standard InChI is InChI=1S/C21H22O5/c1-24-20(22)17-9-12-19(13-17)26-18-10-7-16(8-11-18)21(23)25-14-15-5-3-2-4-6-15/h2-8,10-11,17,19H,9,12-14H2,1H3/t17-,19+/m0/s1. The number of carbonyl (C=O) groups is 2. The lowest BCUT2D eigenvalue weighted by Crippen LogP contribution is -2.17. The first-order valence-electron chi connectivity index (χ1n) is 8.71. The molecule has 5 heteroatoms. The van der Waals surface area contributed by atoms with Gasteiger partial charge in [-0.2, -0.15) is 0 Å². The molecule has 136 valence electrons. The third-order valence-corrected chi connectivity index (χ3v) is 4.52. The highest BCUT2D eigenvalue weighted by molar-refractivity contribution is 5.89. The maximum Gasteiger partial charge on any atom is 0.338 e. The van der Waals surface area contributed by atoms with Gasteiger partial charge in [-0.3, -0.25) is 4.79 Å². The molecular weight excluding hydrogens is 332 g/mol. The predicted octanol–water partition coefficient (Wildman–Crippen LogP) is 3.76. The van der Waals surface area contributed by atoms with Crippen LogP contribution < -0.4 is 4.74 Å². The topological polar surface area (TPSA) is 61.8 Å². The number of methoxy groups -OCH3 is 1. The van der Waals surface area contributed by atoms with Crippen molar-refractivity contribution in [2.75, 3.05) is 7.11 Å². The summed E-state index contributed by atoms with van der Waals surface area (Å²) in [5.41, 5.74) is 1.43. The molecule has 0 bridgehead atoms. The number of hydrogen-bond donors (Lipinski definition) is 0. The Labute approximate surface area is 152 Å². The van der Waals surface area contributed by atoms with Crippen LogP contribution in [0.3, 0.4) is 0 Å². The van der Waals surface area contributed by atoms with Gasteiger partial charge in [0.25, 0.3) is 0 Å². The van der Waals surface area contributed by atoms with E-state index in [1.807, 2.05) is 30.3 Å². The van der Waals surface area contributed by atoms with Gasteiger partial charge in [-0.15, -0.1) is 0 Å². The summed E-state index contributed by atoms with van der Waals surface area (Å²) in [4.78, 5) is 23.7. The smallest absolute Gasteiger partial charge is 0.338 e. The predicted molar refractivity (Wildman–Crippen MR) is 95.8 cm³/mol. The summed E-state index contributed by atoms with van der Waals surface area (Å²) in [5, 5.41) is 0. The zero-order valence-electron chi connectivity index (χ0n) is 14.7. The number of carbonyl (C=O) groups excluding carboxylic acids is 2. The van der Waals surface area contributed by atoms with Gasteiger partial charge in [-0.1, -0.05) is 30.3 Å². The third kappa shape index (κ3) is 4.63. The zero-order chi connectivity index (χ0) is 18.4. The molecule has 0 heterocycles.